The standard InChI is InChI=1S/C20H23N3O/c24-13-10-19(18-4-2-1-3-5-18)15-22-14-17-6-8-20(9-7-17)23-12-11-21-16-23/h1-9,11-12,16,19,22,24H,10,13-15H2. The molecule has 2 N–H and O–H groups in total. The number of hydrogen-bond acceptors (Lipinski definition) is 3. The van der Waals surface area contributed by atoms with Gasteiger partial charge in [0.25, 0.3) is 0 Å². The Morgan fingerprint density at radius 2 is 1.83 bits per heavy atom. The largest absolute Gasteiger partial charge is 0.396 e. The Bertz CT molecular complexity index is 708. The molecule has 1 atom stereocenters. The Morgan fingerprint density at radius 1 is 1.04 bits per heavy atom. The zero-order valence-electron chi connectivity index (χ0n) is 13.7. The highest BCUT2D eigenvalue weighted by atomic mass is 16.3. The first kappa shape index (κ1) is 16.4. The summed E-state index contributed by atoms with van der Waals surface area (Å²) in [7, 11) is 0. The predicted molar refractivity (Wildman–Crippen MR) is 96.2 cm³/mol. The molecule has 0 spiro atoms. The van der Waals surface area contributed by atoms with E-state index in [1.165, 1.54) is 11.1 Å². The van der Waals surface area contributed by atoms with Crippen LogP contribution in [0.5, 0.6) is 0 Å². The normalized spacial score (nSPS) is 12.2. The summed E-state index contributed by atoms with van der Waals surface area (Å²) in [4.78, 5) is 4.07. The first-order valence-electron chi connectivity index (χ1n) is 8.30. The third kappa shape index (κ3) is 4.31. The highest BCUT2D eigenvalue weighted by molar-refractivity contribution is 5.34. The minimum Gasteiger partial charge on any atom is -0.396 e. The van der Waals surface area contributed by atoms with Gasteiger partial charge in [0, 0.05) is 37.8 Å². The van der Waals surface area contributed by atoms with Crippen molar-refractivity contribution in [3.05, 3.63) is 84.4 Å². The third-order valence-electron chi connectivity index (χ3n) is 4.21. The van der Waals surface area contributed by atoms with Gasteiger partial charge >= 0.3 is 0 Å². The van der Waals surface area contributed by atoms with Gasteiger partial charge in [-0.3, -0.25) is 0 Å². The molecule has 0 saturated heterocycles. The lowest BCUT2D eigenvalue weighted by molar-refractivity contribution is 0.273. The lowest BCUT2D eigenvalue weighted by atomic mass is 9.96. The summed E-state index contributed by atoms with van der Waals surface area (Å²) in [5.74, 6) is 0.335. The van der Waals surface area contributed by atoms with Crippen LogP contribution in [0, 0.1) is 0 Å². The number of imidazole rings is 1. The highest BCUT2D eigenvalue weighted by Gasteiger charge is 2.10. The van der Waals surface area contributed by atoms with E-state index in [9.17, 15) is 5.11 Å². The first-order valence-corrected chi connectivity index (χ1v) is 8.30. The van der Waals surface area contributed by atoms with E-state index in [4.69, 9.17) is 0 Å². The van der Waals surface area contributed by atoms with E-state index in [0.717, 1.165) is 25.2 Å². The number of aliphatic hydroxyl groups excluding tert-OH is 1. The number of aliphatic hydroxyl groups is 1. The Morgan fingerprint density at radius 3 is 2.50 bits per heavy atom. The molecule has 0 saturated carbocycles. The molecule has 0 aliphatic carbocycles. The molecule has 1 heterocycles. The summed E-state index contributed by atoms with van der Waals surface area (Å²) in [6, 6.07) is 18.8. The number of aromatic nitrogens is 2. The van der Waals surface area contributed by atoms with Crippen molar-refractivity contribution in [1.29, 1.82) is 0 Å². The number of hydrogen-bond donors (Lipinski definition) is 2. The van der Waals surface area contributed by atoms with Crippen LogP contribution in [0.3, 0.4) is 0 Å². The van der Waals surface area contributed by atoms with Crippen LogP contribution < -0.4 is 5.32 Å². The topological polar surface area (TPSA) is 50.1 Å². The maximum atomic E-state index is 9.30. The summed E-state index contributed by atoms with van der Waals surface area (Å²) in [5, 5.41) is 12.8. The van der Waals surface area contributed by atoms with E-state index >= 15 is 0 Å². The van der Waals surface area contributed by atoms with Crippen molar-refractivity contribution in [2.24, 2.45) is 0 Å². The fraction of sp³-hybridized carbons (Fsp3) is 0.250. The molecule has 0 fully saturated rings. The molecule has 124 valence electrons. The van der Waals surface area contributed by atoms with Crippen LogP contribution in [0.15, 0.2) is 73.3 Å². The second-order valence-electron chi connectivity index (χ2n) is 5.89. The van der Waals surface area contributed by atoms with Gasteiger partial charge in [-0.25, -0.2) is 4.98 Å². The smallest absolute Gasteiger partial charge is 0.0991 e. The molecule has 0 aliphatic heterocycles. The number of nitrogens with zero attached hydrogens (tertiary/aromatic N) is 2. The van der Waals surface area contributed by atoms with Gasteiger partial charge in [0.15, 0.2) is 0 Å². The van der Waals surface area contributed by atoms with Crippen molar-refractivity contribution in [3.63, 3.8) is 0 Å². The van der Waals surface area contributed by atoms with Gasteiger partial charge in [0.05, 0.1) is 6.33 Å². The molecule has 3 rings (SSSR count). The van der Waals surface area contributed by atoms with Gasteiger partial charge in [-0.15, -0.1) is 0 Å². The molecule has 0 radical (unpaired) electrons. The second-order valence-corrected chi connectivity index (χ2v) is 5.89. The molecular weight excluding hydrogens is 298 g/mol. The summed E-state index contributed by atoms with van der Waals surface area (Å²) in [6.45, 7) is 1.88. The van der Waals surface area contributed by atoms with E-state index in [2.05, 4.69) is 58.8 Å². The molecule has 0 bridgehead atoms. The van der Waals surface area contributed by atoms with Crippen LogP contribution in [0.25, 0.3) is 5.69 Å². The van der Waals surface area contributed by atoms with Crippen molar-refractivity contribution in [2.75, 3.05) is 13.2 Å². The summed E-state index contributed by atoms with van der Waals surface area (Å²) in [6.07, 6.45) is 6.29. The Kier molecular flexibility index (Phi) is 5.77. The van der Waals surface area contributed by atoms with Crippen molar-refractivity contribution in [3.8, 4) is 5.69 Å². The monoisotopic (exact) mass is 321 g/mol. The Hall–Kier alpha value is -2.43. The molecule has 1 unspecified atom stereocenters. The third-order valence-corrected chi connectivity index (χ3v) is 4.21. The molecule has 0 amide bonds. The summed E-state index contributed by atoms with van der Waals surface area (Å²) < 4.78 is 1.99. The van der Waals surface area contributed by atoms with Crippen LogP contribution >= 0.6 is 0 Å². The molecule has 24 heavy (non-hydrogen) atoms. The van der Waals surface area contributed by atoms with Gasteiger partial charge in [0.2, 0.25) is 0 Å². The van der Waals surface area contributed by atoms with Gasteiger partial charge in [-0.2, -0.15) is 0 Å². The minimum atomic E-state index is 0.209. The fourth-order valence-electron chi connectivity index (χ4n) is 2.86. The predicted octanol–water partition coefficient (Wildman–Crippen LogP) is 3.13. The van der Waals surface area contributed by atoms with Crippen molar-refractivity contribution >= 4 is 0 Å². The molecule has 4 heteroatoms. The number of nitrogens with one attached hydrogen (secondary N) is 1. The average molecular weight is 321 g/mol. The van der Waals surface area contributed by atoms with Gasteiger partial charge in [-0.1, -0.05) is 42.5 Å². The fourth-order valence-corrected chi connectivity index (χ4v) is 2.86. The van der Waals surface area contributed by atoms with E-state index < -0.39 is 0 Å². The van der Waals surface area contributed by atoms with Crippen molar-refractivity contribution < 1.29 is 5.11 Å². The van der Waals surface area contributed by atoms with E-state index in [1.54, 1.807) is 12.5 Å². The maximum Gasteiger partial charge on any atom is 0.0991 e. The molecule has 1 aromatic heterocycles. The van der Waals surface area contributed by atoms with Gasteiger partial charge in [0.1, 0.15) is 0 Å². The second kappa shape index (κ2) is 8.43. The lowest BCUT2D eigenvalue weighted by Crippen LogP contribution is -2.22. The molecule has 4 nitrogen and oxygen atoms in total. The maximum absolute atomic E-state index is 9.30. The van der Waals surface area contributed by atoms with E-state index in [-0.39, 0.29) is 6.61 Å². The number of rotatable bonds is 8. The Balaban J connectivity index is 1.55. The van der Waals surface area contributed by atoms with E-state index in [0.29, 0.717) is 5.92 Å². The summed E-state index contributed by atoms with van der Waals surface area (Å²) in [5.41, 5.74) is 3.63. The van der Waals surface area contributed by atoms with Crippen LogP contribution in [0.4, 0.5) is 0 Å². The van der Waals surface area contributed by atoms with Gasteiger partial charge < -0.3 is 15.0 Å². The minimum absolute atomic E-state index is 0.209. The quantitative estimate of drug-likeness (QED) is 0.670. The van der Waals surface area contributed by atoms with Crippen LogP contribution in [-0.2, 0) is 6.54 Å². The molecular formula is C20H23N3O. The highest BCUT2D eigenvalue weighted by Crippen LogP contribution is 2.18. The summed E-state index contributed by atoms with van der Waals surface area (Å²) >= 11 is 0. The van der Waals surface area contributed by atoms with Crippen LogP contribution in [0.2, 0.25) is 0 Å². The first-order chi connectivity index (χ1) is 11.9. The molecule has 0 aliphatic rings. The van der Waals surface area contributed by atoms with Crippen LogP contribution in [-0.4, -0.2) is 27.8 Å². The lowest BCUT2D eigenvalue weighted by Gasteiger charge is -2.17. The zero-order valence-corrected chi connectivity index (χ0v) is 13.7. The van der Waals surface area contributed by atoms with Crippen molar-refractivity contribution in [2.45, 2.75) is 18.9 Å². The average Bonchev–Trinajstić information content (AvgIpc) is 3.17. The van der Waals surface area contributed by atoms with E-state index in [1.807, 2.05) is 16.8 Å². The molecule has 3 aromatic rings. The van der Waals surface area contributed by atoms with Crippen molar-refractivity contribution in [1.82, 2.24) is 14.9 Å². The Labute approximate surface area is 142 Å². The van der Waals surface area contributed by atoms with Crippen LogP contribution in [0.1, 0.15) is 23.5 Å². The SMILES string of the molecule is OCCC(CNCc1ccc(-n2ccnc2)cc1)c1ccccc1. The van der Waals surface area contributed by atoms with Gasteiger partial charge in [-0.05, 0) is 35.6 Å². The number of benzene rings is 2. The molecule has 2 aromatic carbocycles. The zero-order chi connectivity index (χ0) is 16.6.